The summed E-state index contributed by atoms with van der Waals surface area (Å²) in [5.74, 6) is 0. The van der Waals surface area contributed by atoms with Crippen molar-refractivity contribution in [1.29, 1.82) is 0 Å². The monoisotopic (exact) mass is 306 g/mol. The molecule has 86 valence electrons. The maximum Gasteiger partial charge on any atom is 0.0406 e. The fraction of sp³-hybridized carbons (Fsp3) is 0.0667. The van der Waals surface area contributed by atoms with Gasteiger partial charge >= 0.3 is 0 Å². The largest absolute Gasteiger partial charge is 0.0843 e. The van der Waals surface area contributed by atoms with Crippen LogP contribution < -0.4 is 0 Å². The summed E-state index contributed by atoms with van der Waals surface area (Å²) >= 11 is 9.30. The van der Waals surface area contributed by atoms with Crippen LogP contribution in [0.1, 0.15) is 18.1 Å². The fourth-order valence-electron chi connectivity index (χ4n) is 1.61. The molecule has 2 aromatic carbocycles. The third-order valence-electron chi connectivity index (χ3n) is 2.55. The van der Waals surface area contributed by atoms with Gasteiger partial charge in [-0.25, -0.2) is 0 Å². The lowest BCUT2D eigenvalue weighted by Crippen LogP contribution is -1.79. The van der Waals surface area contributed by atoms with Gasteiger partial charge in [-0.1, -0.05) is 57.9 Å². The van der Waals surface area contributed by atoms with Gasteiger partial charge in [0.05, 0.1) is 0 Å². The van der Waals surface area contributed by atoms with Crippen molar-refractivity contribution < 1.29 is 0 Å². The van der Waals surface area contributed by atoms with Crippen LogP contribution >= 0.6 is 27.5 Å². The summed E-state index contributed by atoms with van der Waals surface area (Å²) < 4.78 is 1.10. The first-order chi connectivity index (χ1) is 8.15. The van der Waals surface area contributed by atoms with Gasteiger partial charge < -0.3 is 0 Å². The summed E-state index contributed by atoms with van der Waals surface area (Å²) in [4.78, 5) is 0. The molecule has 0 spiro atoms. The molecule has 0 aliphatic rings. The minimum Gasteiger partial charge on any atom is -0.0843 e. The van der Waals surface area contributed by atoms with Crippen LogP contribution in [0.15, 0.2) is 53.0 Å². The summed E-state index contributed by atoms with van der Waals surface area (Å²) in [6, 6.07) is 16.2. The molecule has 0 radical (unpaired) electrons. The molecule has 2 aromatic rings. The Labute approximate surface area is 115 Å². The van der Waals surface area contributed by atoms with Crippen molar-refractivity contribution in [1.82, 2.24) is 0 Å². The maximum absolute atomic E-state index is 5.87. The molecule has 0 heterocycles. The molecule has 2 rings (SSSR count). The standard InChI is InChI=1S/C15H12BrCl/c1-11(13-4-8-15(17)9-5-13)10-12-2-6-14(16)7-3-12/h2-10H,1H3. The van der Waals surface area contributed by atoms with Gasteiger partial charge in [0.25, 0.3) is 0 Å². The lowest BCUT2D eigenvalue weighted by molar-refractivity contribution is 1.56. The molecule has 0 atom stereocenters. The van der Waals surface area contributed by atoms with E-state index >= 15 is 0 Å². The second-order valence-electron chi connectivity index (χ2n) is 3.89. The molecule has 2 heteroatoms. The van der Waals surface area contributed by atoms with Crippen LogP contribution in [0.2, 0.25) is 5.02 Å². The highest BCUT2D eigenvalue weighted by Gasteiger charge is 1.96. The molecule has 0 nitrogen and oxygen atoms in total. The van der Waals surface area contributed by atoms with Crippen LogP contribution in [0, 0.1) is 0 Å². The van der Waals surface area contributed by atoms with Gasteiger partial charge in [-0.05, 0) is 47.9 Å². The zero-order chi connectivity index (χ0) is 12.3. The Morgan fingerprint density at radius 2 is 1.59 bits per heavy atom. The molecule has 0 N–H and O–H groups in total. The average molecular weight is 308 g/mol. The molecule has 0 unspecified atom stereocenters. The first kappa shape index (κ1) is 12.4. The van der Waals surface area contributed by atoms with Crippen LogP contribution in [0.5, 0.6) is 0 Å². The predicted octanol–water partition coefficient (Wildman–Crippen LogP) is 5.66. The Morgan fingerprint density at radius 3 is 2.18 bits per heavy atom. The second-order valence-corrected chi connectivity index (χ2v) is 5.24. The minimum absolute atomic E-state index is 0.769. The van der Waals surface area contributed by atoms with Crippen molar-refractivity contribution >= 4 is 39.2 Å². The van der Waals surface area contributed by atoms with Gasteiger partial charge in [0.2, 0.25) is 0 Å². The van der Waals surface area contributed by atoms with Crippen molar-refractivity contribution in [2.75, 3.05) is 0 Å². The van der Waals surface area contributed by atoms with E-state index < -0.39 is 0 Å². The number of halogens is 2. The second kappa shape index (κ2) is 5.52. The molecule has 0 saturated heterocycles. The summed E-state index contributed by atoms with van der Waals surface area (Å²) in [5, 5.41) is 0.769. The zero-order valence-electron chi connectivity index (χ0n) is 9.45. The Hall–Kier alpha value is -1.05. The highest BCUT2D eigenvalue weighted by atomic mass is 79.9. The van der Waals surface area contributed by atoms with Crippen molar-refractivity contribution in [3.05, 3.63) is 69.2 Å². The Balaban J connectivity index is 2.27. The SMILES string of the molecule is CC(=Cc1ccc(Br)cc1)c1ccc(Cl)cc1. The first-order valence-corrected chi connectivity index (χ1v) is 6.52. The van der Waals surface area contributed by atoms with E-state index in [2.05, 4.69) is 41.1 Å². The number of rotatable bonds is 2. The summed E-state index contributed by atoms with van der Waals surface area (Å²) in [6.45, 7) is 2.10. The van der Waals surface area contributed by atoms with Crippen LogP contribution in [0.25, 0.3) is 11.6 Å². The van der Waals surface area contributed by atoms with E-state index in [1.54, 1.807) is 0 Å². The fourth-order valence-corrected chi connectivity index (χ4v) is 2.00. The van der Waals surface area contributed by atoms with Crippen molar-refractivity contribution in [2.45, 2.75) is 6.92 Å². The van der Waals surface area contributed by atoms with Gasteiger partial charge in [-0.3, -0.25) is 0 Å². The van der Waals surface area contributed by atoms with Gasteiger partial charge in [0, 0.05) is 9.50 Å². The highest BCUT2D eigenvalue weighted by molar-refractivity contribution is 9.10. The average Bonchev–Trinajstić information content (AvgIpc) is 2.33. The molecular formula is C15H12BrCl. The molecule has 17 heavy (non-hydrogen) atoms. The molecule has 0 aliphatic carbocycles. The quantitative estimate of drug-likeness (QED) is 0.628. The number of hydrogen-bond donors (Lipinski definition) is 0. The van der Waals surface area contributed by atoms with Gasteiger partial charge in [-0.15, -0.1) is 0 Å². The van der Waals surface area contributed by atoms with Gasteiger partial charge in [0.15, 0.2) is 0 Å². The topological polar surface area (TPSA) is 0 Å². The summed E-state index contributed by atoms with van der Waals surface area (Å²) in [7, 11) is 0. The maximum atomic E-state index is 5.87. The highest BCUT2D eigenvalue weighted by Crippen LogP contribution is 2.20. The van der Waals surface area contributed by atoms with Crippen LogP contribution in [0.4, 0.5) is 0 Å². The zero-order valence-corrected chi connectivity index (χ0v) is 11.8. The smallest absolute Gasteiger partial charge is 0.0406 e. The van der Waals surface area contributed by atoms with E-state index in [0.29, 0.717) is 0 Å². The van der Waals surface area contributed by atoms with E-state index in [4.69, 9.17) is 11.6 Å². The molecule has 0 saturated carbocycles. The third-order valence-corrected chi connectivity index (χ3v) is 3.33. The van der Waals surface area contributed by atoms with Crippen LogP contribution in [-0.2, 0) is 0 Å². The Kier molecular flexibility index (Phi) is 4.03. The predicted molar refractivity (Wildman–Crippen MR) is 79.1 cm³/mol. The molecule has 0 fully saturated rings. The van der Waals surface area contributed by atoms with E-state index in [0.717, 1.165) is 9.50 Å². The van der Waals surface area contributed by atoms with E-state index in [9.17, 15) is 0 Å². The van der Waals surface area contributed by atoms with Crippen molar-refractivity contribution in [2.24, 2.45) is 0 Å². The lowest BCUT2D eigenvalue weighted by Gasteiger charge is -2.02. The summed E-state index contributed by atoms with van der Waals surface area (Å²) in [6.07, 6.45) is 2.16. The molecule has 0 bridgehead atoms. The number of allylic oxidation sites excluding steroid dienone is 1. The normalized spacial score (nSPS) is 11.6. The van der Waals surface area contributed by atoms with Crippen LogP contribution in [-0.4, -0.2) is 0 Å². The summed E-state index contributed by atoms with van der Waals surface area (Å²) in [5.41, 5.74) is 3.61. The van der Waals surface area contributed by atoms with Crippen molar-refractivity contribution in [3.63, 3.8) is 0 Å². The number of benzene rings is 2. The van der Waals surface area contributed by atoms with E-state index in [-0.39, 0.29) is 0 Å². The molecule has 0 amide bonds. The lowest BCUT2D eigenvalue weighted by atomic mass is 10.0. The number of hydrogen-bond acceptors (Lipinski definition) is 0. The van der Waals surface area contributed by atoms with Gasteiger partial charge in [0.1, 0.15) is 0 Å². The minimum atomic E-state index is 0.769. The molecule has 0 aromatic heterocycles. The third kappa shape index (κ3) is 3.45. The molecular weight excluding hydrogens is 296 g/mol. The van der Waals surface area contributed by atoms with E-state index in [1.807, 2.05) is 36.4 Å². The van der Waals surface area contributed by atoms with E-state index in [1.165, 1.54) is 16.7 Å². The Bertz CT molecular complexity index is 524. The Morgan fingerprint density at radius 1 is 1.00 bits per heavy atom. The molecule has 0 aliphatic heterocycles. The van der Waals surface area contributed by atoms with Crippen molar-refractivity contribution in [3.8, 4) is 0 Å². The first-order valence-electron chi connectivity index (χ1n) is 5.35. The van der Waals surface area contributed by atoms with Gasteiger partial charge in [-0.2, -0.15) is 0 Å². The van der Waals surface area contributed by atoms with Crippen LogP contribution in [0.3, 0.4) is 0 Å².